The van der Waals surface area contributed by atoms with Crippen molar-refractivity contribution in [2.75, 3.05) is 4.90 Å². The Kier molecular flexibility index (Phi) is 2.74. The molecule has 0 amide bonds. The molecule has 1 aliphatic heterocycles. The largest absolute Gasteiger partial charge is 0.310 e. The minimum Gasteiger partial charge on any atom is -0.310 e. The number of para-hydroxylation sites is 2. The molecule has 0 bridgehead atoms. The fraction of sp³-hybridized carbons (Fsp3) is 0.475. The maximum absolute atomic E-state index is 5.57. The molecular weight excluding hydrogens is 536 g/mol. The summed E-state index contributed by atoms with van der Waals surface area (Å²) < 4.78 is 0. The summed E-state index contributed by atoms with van der Waals surface area (Å²) in [6.07, 6.45) is 0. The first-order valence-electron chi connectivity index (χ1n) is 17.5. The molecule has 0 unspecified atom stereocenters. The lowest BCUT2D eigenvalue weighted by Gasteiger charge is -3.07. The number of nitrogens with zero attached hydrogens (tertiary/aromatic N) is 4. The van der Waals surface area contributed by atoms with E-state index in [0.717, 1.165) is 94.2 Å². The molecule has 13 aliphatic rings. The van der Waals surface area contributed by atoms with Crippen LogP contribution in [-0.4, -0.2) is 15.0 Å². The van der Waals surface area contributed by atoms with Crippen LogP contribution in [0.1, 0.15) is 36.6 Å². The van der Waals surface area contributed by atoms with Gasteiger partial charge in [0.15, 0.2) is 5.82 Å². The second-order valence-electron chi connectivity index (χ2n) is 17.5. The van der Waals surface area contributed by atoms with E-state index in [1.165, 1.54) is 39.8 Å². The van der Waals surface area contributed by atoms with Crippen molar-refractivity contribution in [3.8, 4) is 11.4 Å². The molecule has 12 saturated carbocycles. The quantitative estimate of drug-likeness (QED) is 0.269. The van der Waals surface area contributed by atoms with Crippen LogP contribution in [0.2, 0.25) is 0 Å². The first-order chi connectivity index (χ1) is 21.6. The van der Waals surface area contributed by atoms with Crippen molar-refractivity contribution in [2.45, 2.75) is 30.1 Å². The molecule has 2 heterocycles. The highest BCUT2D eigenvalue weighted by Gasteiger charge is 3.06. The number of hydrogen-bond donors (Lipinski definition) is 0. The first kappa shape index (κ1) is 21.2. The summed E-state index contributed by atoms with van der Waals surface area (Å²) in [7, 11) is 0. The Morgan fingerprint density at radius 2 is 0.932 bits per heavy atom. The van der Waals surface area contributed by atoms with E-state index in [-0.39, 0.29) is 5.41 Å². The normalized spacial score (nSPS) is 52.6. The van der Waals surface area contributed by atoms with Crippen molar-refractivity contribution in [3.63, 3.8) is 0 Å². The predicted molar refractivity (Wildman–Crippen MR) is 164 cm³/mol. The van der Waals surface area contributed by atoms with Gasteiger partial charge in [0, 0.05) is 27.5 Å². The van der Waals surface area contributed by atoms with E-state index >= 15 is 0 Å². The minimum atomic E-state index is -0.0479. The molecule has 4 aromatic rings. The topological polar surface area (TPSA) is 41.9 Å². The summed E-state index contributed by atoms with van der Waals surface area (Å²) in [6.45, 7) is 4.71. The lowest BCUT2D eigenvalue weighted by atomic mass is 8.96. The van der Waals surface area contributed by atoms with Gasteiger partial charge in [-0.2, -0.15) is 0 Å². The molecule has 17 rings (SSSR count). The van der Waals surface area contributed by atoms with Crippen LogP contribution >= 0.6 is 0 Å². The molecule has 3 aromatic carbocycles. The monoisotopic (exact) mass is 568 g/mol. The van der Waals surface area contributed by atoms with Gasteiger partial charge in [-0.1, -0.05) is 50.2 Å². The molecule has 212 valence electrons. The van der Waals surface area contributed by atoms with E-state index in [1.54, 1.807) is 0 Å². The smallest absolute Gasteiger partial charge is 0.163 e. The van der Waals surface area contributed by atoms with Crippen LogP contribution in [0, 0.1) is 82.9 Å². The van der Waals surface area contributed by atoms with Crippen molar-refractivity contribution in [3.05, 3.63) is 95.6 Å². The van der Waals surface area contributed by atoms with Crippen LogP contribution in [-0.2, 0) is 16.2 Å². The average molecular weight is 569 g/mol. The van der Waals surface area contributed by atoms with Crippen molar-refractivity contribution in [2.24, 2.45) is 82.9 Å². The summed E-state index contributed by atoms with van der Waals surface area (Å²) in [6, 6.07) is 27.1. The highest BCUT2D eigenvalue weighted by atomic mass is 15.2. The van der Waals surface area contributed by atoms with Gasteiger partial charge in [0.1, 0.15) is 11.6 Å². The van der Waals surface area contributed by atoms with Gasteiger partial charge in [-0.25, -0.2) is 15.0 Å². The fourth-order valence-electron chi connectivity index (χ4n) is 16.4. The number of hydrogen-bond acceptors (Lipinski definition) is 4. The summed E-state index contributed by atoms with van der Waals surface area (Å²) >= 11 is 0. The zero-order valence-electron chi connectivity index (χ0n) is 24.8. The number of rotatable bonds is 4. The molecule has 12 fully saturated rings. The summed E-state index contributed by atoms with van der Waals surface area (Å²) in [4.78, 5) is 18.9. The Morgan fingerprint density at radius 1 is 0.500 bits per heavy atom. The summed E-state index contributed by atoms with van der Waals surface area (Å²) in [5.74, 6) is 17.4. The fourth-order valence-corrected chi connectivity index (χ4v) is 16.4. The standard InChI is InChI=1S/C40H32N4/c1-38(2)17-7-3-5-9-19(17)44(20-10-6-4-8-18(20)38)16-13-11-15(12-14-16)35-41-36(39-29-23-21-24(29)31(39)25(21)30(23)39)43-37(42-35)40-32-26-22-27(32)34(40)28(22)33(26)40/h3-14,21-34H,1-2H3. The number of benzene rings is 3. The van der Waals surface area contributed by atoms with E-state index in [9.17, 15) is 0 Å². The maximum atomic E-state index is 5.57. The number of aromatic nitrogens is 3. The number of fused-ring (bicyclic) bond motifs is 2. The van der Waals surface area contributed by atoms with Gasteiger partial charge in [0.05, 0.1) is 11.4 Å². The van der Waals surface area contributed by atoms with E-state index in [0.29, 0.717) is 10.8 Å². The SMILES string of the molecule is CC1(C)c2ccccc2N(c2ccc(-c3nc(C45C6C7C8C6C4C8C75)nc(C45C6C7C8C6C4C8C75)n3)cc2)c2ccccc21. The Bertz CT molecular complexity index is 1920. The summed E-state index contributed by atoms with van der Waals surface area (Å²) in [5, 5.41) is 0. The molecule has 0 saturated heterocycles. The minimum absolute atomic E-state index is 0.0479. The maximum Gasteiger partial charge on any atom is 0.163 e. The molecule has 0 spiro atoms. The van der Waals surface area contributed by atoms with Crippen molar-refractivity contribution >= 4 is 17.1 Å². The van der Waals surface area contributed by atoms with Gasteiger partial charge >= 0.3 is 0 Å². The third kappa shape index (κ3) is 1.52. The Morgan fingerprint density at radius 3 is 1.39 bits per heavy atom. The van der Waals surface area contributed by atoms with Gasteiger partial charge in [-0.15, -0.1) is 0 Å². The van der Waals surface area contributed by atoms with E-state index in [2.05, 4.69) is 91.5 Å². The van der Waals surface area contributed by atoms with Crippen molar-refractivity contribution in [1.82, 2.24) is 15.0 Å². The number of anilines is 3. The molecule has 44 heavy (non-hydrogen) atoms. The van der Waals surface area contributed by atoms with Crippen LogP contribution in [0.25, 0.3) is 11.4 Å². The molecule has 1 aromatic heterocycles. The first-order valence-corrected chi connectivity index (χ1v) is 17.5. The van der Waals surface area contributed by atoms with Gasteiger partial charge in [-0.05, 0) is 130 Å². The van der Waals surface area contributed by atoms with Crippen molar-refractivity contribution in [1.29, 1.82) is 0 Å². The van der Waals surface area contributed by atoms with Gasteiger partial charge in [-0.3, -0.25) is 0 Å². The van der Waals surface area contributed by atoms with E-state index in [1.807, 2.05) is 0 Å². The Balaban J connectivity index is 0.875. The zero-order valence-corrected chi connectivity index (χ0v) is 24.8. The third-order valence-corrected chi connectivity index (χ3v) is 17.4. The average Bonchev–Trinajstić information content (AvgIpc) is 3.09. The van der Waals surface area contributed by atoms with Crippen LogP contribution in [0.15, 0.2) is 72.8 Å². The molecular formula is C40H32N4. The molecule has 0 radical (unpaired) electrons. The second-order valence-corrected chi connectivity index (χ2v) is 17.5. The lowest BCUT2D eigenvalue weighted by molar-refractivity contribution is -0.585. The van der Waals surface area contributed by atoms with E-state index < -0.39 is 0 Å². The van der Waals surface area contributed by atoms with Crippen molar-refractivity contribution < 1.29 is 0 Å². The highest BCUT2D eigenvalue weighted by molar-refractivity contribution is 5.86. The Hall–Kier alpha value is -3.53. The third-order valence-electron chi connectivity index (χ3n) is 17.4. The van der Waals surface area contributed by atoms with Gasteiger partial charge in [0.25, 0.3) is 0 Å². The second kappa shape index (κ2) is 5.67. The summed E-state index contributed by atoms with van der Waals surface area (Å²) in [5.41, 5.74) is 8.30. The van der Waals surface area contributed by atoms with Gasteiger partial charge in [0.2, 0.25) is 0 Å². The van der Waals surface area contributed by atoms with Crippen LogP contribution in [0.3, 0.4) is 0 Å². The molecule has 4 nitrogen and oxygen atoms in total. The lowest BCUT2D eigenvalue weighted by Crippen LogP contribution is -3.07. The van der Waals surface area contributed by atoms with Gasteiger partial charge < -0.3 is 4.90 Å². The molecule has 12 aliphatic carbocycles. The zero-order chi connectivity index (χ0) is 28.0. The molecule has 0 N–H and O–H groups in total. The van der Waals surface area contributed by atoms with Crippen LogP contribution in [0.5, 0.6) is 0 Å². The highest BCUT2D eigenvalue weighted by Crippen LogP contribution is 3.06. The van der Waals surface area contributed by atoms with Crippen LogP contribution in [0.4, 0.5) is 17.1 Å². The van der Waals surface area contributed by atoms with E-state index in [4.69, 9.17) is 15.0 Å². The molecule has 4 heteroatoms. The van der Waals surface area contributed by atoms with Crippen LogP contribution < -0.4 is 4.90 Å². The Labute approximate surface area is 256 Å². The molecule has 0 atom stereocenters. The predicted octanol–water partition coefficient (Wildman–Crippen LogP) is 6.89.